The van der Waals surface area contributed by atoms with Crippen LogP contribution in [0.15, 0.2) is 11.8 Å². The van der Waals surface area contributed by atoms with E-state index >= 15 is 0 Å². The van der Waals surface area contributed by atoms with Gasteiger partial charge in [0.05, 0.1) is 0 Å². The average molecular weight is 223 g/mol. The van der Waals surface area contributed by atoms with Crippen LogP contribution in [-0.4, -0.2) is 30.7 Å². The molecule has 0 aliphatic carbocycles. The van der Waals surface area contributed by atoms with Crippen LogP contribution in [0.2, 0.25) is 0 Å². The van der Waals surface area contributed by atoms with E-state index in [0.717, 1.165) is 19.6 Å². The van der Waals surface area contributed by atoms with Crippen molar-refractivity contribution in [2.24, 2.45) is 0 Å². The molecule has 1 saturated heterocycles. The van der Waals surface area contributed by atoms with E-state index in [-0.39, 0.29) is 58.8 Å². The second-order valence-electron chi connectivity index (χ2n) is 2.90. The monoisotopic (exact) mass is 223 g/mol. The van der Waals surface area contributed by atoms with Crippen molar-refractivity contribution in [1.29, 1.82) is 0 Å². The molecule has 0 aromatic rings. The van der Waals surface area contributed by atoms with Gasteiger partial charge in [-0.05, 0) is 13.0 Å². The van der Waals surface area contributed by atoms with Crippen molar-refractivity contribution in [2.75, 3.05) is 19.6 Å². The first kappa shape index (κ1) is 17.5. The number of hydrogen-bond donors (Lipinski definition) is 2. The molecule has 0 bridgehead atoms. The summed E-state index contributed by atoms with van der Waals surface area (Å²) in [6.07, 6.45) is 2.27. The second kappa shape index (κ2) is 9.33. The van der Waals surface area contributed by atoms with Crippen molar-refractivity contribution in [1.82, 2.24) is 15.8 Å². The van der Waals surface area contributed by atoms with E-state index in [1.54, 1.807) is 0 Å². The third kappa shape index (κ3) is 4.74. The molecule has 2 heterocycles. The van der Waals surface area contributed by atoms with Gasteiger partial charge in [-0.1, -0.05) is 13.8 Å². The third-order valence-corrected chi connectivity index (χ3v) is 1.97. The molecular formula is C10H22KN3. The third-order valence-electron chi connectivity index (χ3n) is 1.97. The summed E-state index contributed by atoms with van der Waals surface area (Å²) in [4.78, 5) is 0. The molecule has 0 radical (unpaired) electrons. The Balaban J connectivity index is 0. The first-order valence-corrected chi connectivity index (χ1v) is 4.81. The molecule has 3 nitrogen and oxygen atoms in total. The molecule has 0 aromatic carbocycles. The summed E-state index contributed by atoms with van der Waals surface area (Å²) in [6.45, 7) is 9.38. The standard InChI is InChI=1S/C7H13N3.C2H6.CH3.K/c1-6-4-7-5-8-2-3-10(7)9-6;1-2;;/h4,6,8-9H,2-3,5H2,1H3;1-2H3;1H3;/q;;-1;+1. The Kier molecular flexibility index (Phi) is 11.7. The Morgan fingerprint density at radius 1 is 1.43 bits per heavy atom. The van der Waals surface area contributed by atoms with Crippen molar-refractivity contribution < 1.29 is 51.4 Å². The van der Waals surface area contributed by atoms with Crippen LogP contribution in [0.5, 0.6) is 0 Å². The van der Waals surface area contributed by atoms with Gasteiger partial charge in [0.1, 0.15) is 0 Å². The summed E-state index contributed by atoms with van der Waals surface area (Å²) in [5.41, 5.74) is 4.76. The van der Waals surface area contributed by atoms with Crippen molar-refractivity contribution in [3.8, 4) is 0 Å². The maximum atomic E-state index is 3.36. The van der Waals surface area contributed by atoms with Gasteiger partial charge >= 0.3 is 51.4 Å². The zero-order valence-electron chi connectivity index (χ0n) is 10.2. The minimum Gasteiger partial charge on any atom is -0.358 e. The molecule has 78 valence electrons. The summed E-state index contributed by atoms with van der Waals surface area (Å²) in [5.74, 6) is 0. The van der Waals surface area contributed by atoms with Crippen molar-refractivity contribution in [3.05, 3.63) is 19.2 Å². The van der Waals surface area contributed by atoms with Gasteiger partial charge in [0.25, 0.3) is 0 Å². The van der Waals surface area contributed by atoms with E-state index in [4.69, 9.17) is 0 Å². The van der Waals surface area contributed by atoms with E-state index < -0.39 is 0 Å². The second-order valence-corrected chi connectivity index (χ2v) is 2.90. The van der Waals surface area contributed by atoms with Gasteiger partial charge in [0.15, 0.2) is 0 Å². The Morgan fingerprint density at radius 2 is 2.07 bits per heavy atom. The molecule has 0 saturated carbocycles. The Labute approximate surface area is 131 Å². The molecule has 4 heteroatoms. The topological polar surface area (TPSA) is 27.3 Å². The average Bonchev–Trinajstić information content (AvgIpc) is 2.48. The summed E-state index contributed by atoms with van der Waals surface area (Å²) >= 11 is 0. The molecule has 0 aromatic heterocycles. The van der Waals surface area contributed by atoms with Crippen molar-refractivity contribution in [2.45, 2.75) is 26.8 Å². The van der Waals surface area contributed by atoms with Gasteiger partial charge in [0, 0.05) is 31.4 Å². The van der Waals surface area contributed by atoms with Gasteiger partial charge in [-0.2, -0.15) is 0 Å². The van der Waals surface area contributed by atoms with Crippen LogP contribution in [0.1, 0.15) is 20.8 Å². The molecule has 2 rings (SSSR count). The van der Waals surface area contributed by atoms with Crippen LogP contribution >= 0.6 is 0 Å². The minimum atomic E-state index is 0. The van der Waals surface area contributed by atoms with Gasteiger partial charge in [-0.15, -0.1) is 0 Å². The fourth-order valence-corrected chi connectivity index (χ4v) is 1.51. The normalized spacial score (nSPS) is 23.2. The summed E-state index contributed by atoms with van der Waals surface area (Å²) in [6, 6.07) is 0.523. The van der Waals surface area contributed by atoms with Crippen molar-refractivity contribution in [3.63, 3.8) is 0 Å². The Hall–Kier alpha value is 1.10. The van der Waals surface area contributed by atoms with Crippen LogP contribution in [-0.2, 0) is 0 Å². The van der Waals surface area contributed by atoms with Crippen LogP contribution < -0.4 is 62.1 Å². The van der Waals surface area contributed by atoms with Gasteiger partial charge in [-0.25, -0.2) is 5.43 Å². The van der Waals surface area contributed by atoms with Gasteiger partial charge in [0.2, 0.25) is 0 Å². The fourth-order valence-electron chi connectivity index (χ4n) is 1.51. The van der Waals surface area contributed by atoms with Crippen LogP contribution in [0.4, 0.5) is 0 Å². The van der Waals surface area contributed by atoms with Crippen LogP contribution in [0.25, 0.3) is 0 Å². The summed E-state index contributed by atoms with van der Waals surface area (Å²) in [7, 11) is 0. The number of nitrogens with one attached hydrogen (secondary N) is 2. The van der Waals surface area contributed by atoms with Gasteiger partial charge < -0.3 is 17.8 Å². The molecule has 2 aliphatic rings. The zero-order valence-corrected chi connectivity index (χ0v) is 13.3. The molecule has 14 heavy (non-hydrogen) atoms. The number of fused-ring (bicyclic) bond motifs is 1. The zero-order chi connectivity index (χ0) is 8.97. The predicted molar refractivity (Wildman–Crippen MR) is 58.0 cm³/mol. The quantitative estimate of drug-likeness (QED) is 0.373. The molecular weight excluding hydrogens is 201 g/mol. The molecule has 0 amide bonds. The number of nitrogens with zero attached hydrogens (tertiary/aromatic N) is 1. The molecule has 2 aliphatic heterocycles. The van der Waals surface area contributed by atoms with E-state index in [2.05, 4.69) is 28.8 Å². The smallest absolute Gasteiger partial charge is 0.358 e. The minimum absolute atomic E-state index is 0. The summed E-state index contributed by atoms with van der Waals surface area (Å²) < 4.78 is 0. The van der Waals surface area contributed by atoms with E-state index in [1.807, 2.05) is 13.8 Å². The van der Waals surface area contributed by atoms with Crippen molar-refractivity contribution >= 4 is 0 Å². The number of piperazine rings is 1. The summed E-state index contributed by atoms with van der Waals surface area (Å²) in [5, 5.41) is 5.56. The Bertz CT molecular complexity index is 171. The maximum absolute atomic E-state index is 3.36. The van der Waals surface area contributed by atoms with Crippen LogP contribution in [0.3, 0.4) is 0 Å². The molecule has 1 atom stereocenters. The number of hydrazine groups is 1. The maximum Gasteiger partial charge on any atom is 1.00 e. The number of rotatable bonds is 0. The molecule has 1 unspecified atom stereocenters. The fraction of sp³-hybridized carbons (Fsp3) is 0.700. The molecule has 1 fully saturated rings. The van der Waals surface area contributed by atoms with E-state index in [0.29, 0.717) is 6.04 Å². The van der Waals surface area contributed by atoms with E-state index in [1.165, 1.54) is 5.70 Å². The predicted octanol–water partition coefficient (Wildman–Crippen LogP) is -1.84. The molecule has 0 spiro atoms. The molecule has 2 N–H and O–H groups in total. The first-order valence-electron chi connectivity index (χ1n) is 4.81. The first-order chi connectivity index (χ1) is 5.86. The van der Waals surface area contributed by atoms with Crippen LogP contribution in [0, 0.1) is 7.43 Å². The van der Waals surface area contributed by atoms with E-state index in [9.17, 15) is 0 Å². The largest absolute Gasteiger partial charge is 1.00 e. The number of hydrogen-bond acceptors (Lipinski definition) is 3. The SMILES string of the molecule is CC.CC1C=C2CNCCN2N1.[CH3-].[K+]. The van der Waals surface area contributed by atoms with Gasteiger partial charge in [-0.3, -0.25) is 0 Å². The Morgan fingerprint density at radius 3 is 2.64 bits per heavy atom.